The number of amides is 1. The fourth-order valence-corrected chi connectivity index (χ4v) is 2.46. The van der Waals surface area contributed by atoms with Gasteiger partial charge >= 0.3 is 0 Å². The van der Waals surface area contributed by atoms with Crippen molar-refractivity contribution in [2.45, 2.75) is 0 Å². The minimum Gasteiger partial charge on any atom is -0.395 e. The third kappa shape index (κ3) is 3.26. The highest BCUT2D eigenvalue weighted by Gasteiger charge is 2.14. The molecule has 0 aromatic heterocycles. The molecular formula is C16H16BrNO2. The molecule has 0 saturated carbocycles. The molecular weight excluding hydrogens is 318 g/mol. The molecule has 2 rings (SSSR count). The Morgan fingerprint density at radius 3 is 2.65 bits per heavy atom. The van der Waals surface area contributed by atoms with E-state index in [-0.39, 0.29) is 12.5 Å². The highest BCUT2D eigenvalue weighted by molar-refractivity contribution is 9.10. The summed E-state index contributed by atoms with van der Waals surface area (Å²) in [5.74, 6) is -0.0937. The van der Waals surface area contributed by atoms with Crippen LogP contribution in [0.15, 0.2) is 53.5 Å². The van der Waals surface area contributed by atoms with E-state index in [9.17, 15) is 4.79 Å². The van der Waals surface area contributed by atoms with Crippen LogP contribution in [-0.2, 0) is 0 Å². The number of hydrogen-bond donors (Lipinski definition) is 1. The van der Waals surface area contributed by atoms with Crippen molar-refractivity contribution in [1.29, 1.82) is 0 Å². The fraction of sp³-hybridized carbons (Fsp3) is 0.188. The highest BCUT2D eigenvalue weighted by Crippen LogP contribution is 2.21. The number of halogens is 1. The quantitative estimate of drug-likeness (QED) is 0.853. The van der Waals surface area contributed by atoms with Crippen LogP contribution in [0, 0.1) is 0 Å². The number of carbonyl (C=O) groups is 1. The molecule has 1 amide bonds. The molecule has 3 nitrogen and oxygen atoms in total. The Kier molecular flexibility index (Phi) is 4.93. The minimum absolute atomic E-state index is 0.0554. The summed E-state index contributed by atoms with van der Waals surface area (Å²) in [6, 6.07) is 11.5. The summed E-state index contributed by atoms with van der Waals surface area (Å²) in [4.78, 5) is 14.0. The van der Waals surface area contributed by atoms with Crippen molar-refractivity contribution in [2.24, 2.45) is 0 Å². The van der Waals surface area contributed by atoms with Gasteiger partial charge in [-0.1, -0.05) is 34.1 Å². The Morgan fingerprint density at radius 1 is 1.25 bits per heavy atom. The average molecular weight is 334 g/mol. The van der Waals surface area contributed by atoms with Gasteiger partial charge < -0.3 is 10.0 Å². The number of benzene rings is 2. The van der Waals surface area contributed by atoms with Crippen LogP contribution in [0.5, 0.6) is 0 Å². The molecule has 0 bridgehead atoms. The second-order valence-corrected chi connectivity index (χ2v) is 5.39. The van der Waals surface area contributed by atoms with E-state index < -0.39 is 0 Å². The Hall–Kier alpha value is -1.65. The maximum Gasteiger partial charge on any atom is 0.254 e. The summed E-state index contributed by atoms with van der Waals surface area (Å²) in [7, 11) is 0. The lowest BCUT2D eigenvalue weighted by Crippen LogP contribution is -2.33. The minimum atomic E-state index is -0.0937. The van der Waals surface area contributed by atoms with E-state index in [1.165, 1.54) is 0 Å². The SMILES string of the molecule is C=CCN(CCO)C(=O)c1ccc2cc(Br)ccc2c1. The molecule has 0 aliphatic heterocycles. The predicted octanol–water partition coefficient (Wildman–Crippen LogP) is 3.22. The number of fused-ring (bicyclic) bond motifs is 1. The molecule has 0 heterocycles. The van der Waals surface area contributed by atoms with E-state index in [0.717, 1.165) is 15.2 Å². The number of rotatable bonds is 5. The van der Waals surface area contributed by atoms with E-state index in [1.807, 2.05) is 36.4 Å². The number of aliphatic hydroxyl groups excluding tert-OH is 1. The van der Waals surface area contributed by atoms with Crippen molar-refractivity contribution in [1.82, 2.24) is 4.90 Å². The summed E-state index contributed by atoms with van der Waals surface area (Å²) < 4.78 is 1.01. The number of aliphatic hydroxyl groups is 1. The maximum atomic E-state index is 12.4. The van der Waals surface area contributed by atoms with Crippen LogP contribution in [-0.4, -0.2) is 35.6 Å². The molecule has 0 spiro atoms. The zero-order chi connectivity index (χ0) is 14.5. The zero-order valence-corrected chi connectivity index (χ0v) is 12.6. The van der Waals surface area contributed by atoms with Crippen molar-refractivity contribution in [3.63, 3.8) is 0 Å². The molecule has 0 radical (unpaired) electrons. The van der Waals surface area contributed by atoms with Gasteiger partial charge in [0, 0.05) is 23.1 Å². The van der Waals surface area contributed by atoms with Crippen LogP contribution in [0.3, 0.4) is 0 Å². The van der Waals surface area contributed by atoms with Gasteiger partial charge in [0.15, 0.2) is 0 Å². The number of carbonyl (C=O) groups excluding carboxylic acids is 1. The first-order chi connectivity index (χ1) is 9.65. The van der Waals surface area contributed by atoms with Crippen molar-refractivity contribution in [2.75, 3.05) is 19.7 Å². The molecule has 0 aliphatic carbocycles. The molecule has 0 atom stereocenters. The number of nitrogens with zero attached hydrogens (tertiary/aromatic N) is 1. The Morgan fingerprint density at radius 2 is 1.95 bits per heavy atom. The van der Waals surface area contributed by atoms with Crippen LogP contribution in [0.2, 0.25) is 0 Å². The Balaban J connectivity index is 2.33. The Labute approximate surface area is 126 Å². The Bertz CT molecular complexity index is 639. The van der Waals surface area contributed by atoms with Crippen molar-refractivity contribution in [3.05, 3.63) is 59.1 Å². The molecule has 0 aliphatic rings. The largest absolute Gasteiger partial charge is 0.395 e. The third-order valence-corrected chi connectivity index (χ3v) is 3.55. The van der Waals surface area contributed by atoms with E-state index in [1.54, 1.807) is 11.0 Å². The molecule has 2 aromatic rings. The van der Waals surface area contributed by atoms with Gasteiger partial charge in [-0.2, -0.15) is 0 Å². The predicted molar refractivity (Wildman–Crippen MR) is 84.8 cm³/mol. The lowest BCUT2D eigenvalue weighted by atomic mass is 10.1. The van der Waals surface area contributed by atoms with Crippen molar-refractivity contribution < 1.29 is 9.90 Å². The van der Waals surface area contributed by atoms with Crippen LogP contribution < -0.4 is 0 Å². The van der Waals surface area contributed by atoms with Gasteiger partial charge in [-0.25, -0.2) is 0 Å². The molecule has 4 heteroatoms. The summed E-state index contributed by atoms with van der Waals surface area (Å²) in [5.41, 5.74) is 0.620. The van der Waals surface area contributed by atoms with Crippen LogP contribution in [0.1, 0.15) is 10.4 Å². The molecule has 2 aromatic carbocycles. The van der Waals surface area contributed by atoms with Gasteiger partial charge in [0.2, 0.25) is 0 Å². The van der Waals surface area contributed by atoms with E-state index in [2.05, 4.69) is 22.5 Å². The summed E-state index contributed by atoms with van der Waals surface area (Å²) in [5, 5.41) is 11.1. The second kappa shape index (κ2) is 6.68. The summed E-state index contributed by atoms with van der Waals surface area (Å²) >= 11 is 3.43. The lowest BCUT2D eigenvalue weighted by molar-refractivity contribution is 0.0743. The van der Waals surface area contributed by atoms with Gasteiger partial charge in [-0.3, -0.25) is 4.79 Å². The number of hydrogen-bond acceptors (Lipinski definition) is 2. The van der Waals surface area contributed by atoms with E-state index in [0.29, 0.717) is 18.7 Å². The van der Waals surface area contributed by atoms with Crippen molar-refractivity contribution in [3.8, 4) is 0 Å². The van der Waals surface area contributed by atoms with Crippen LogP contribution in [0.25, 0.3) is 10.8 Å². The van der Waals surface area contributed by atoms with Gasteiger partial charge in [-0.05, 0) is 35.0 Å². The van der Waals surface area contributed by atoms with E-state index >= 15 is 0 Å². The molecule has 104 valence electrons. The van der Waals surface area contributed by atoms with Gasteiger partial charge in [-0.15, -0.1) is 6.58 Å². The molecule has 0 unspecified atom stereocenters. The topological polar surface area (TPSA) is 40.5 Å². The first kappa shape index (κ1) is 14.8. The van der Waals surface area contributed by atoms with Gasteiger partial charge in [0.05, 0.1) is 6.61 Å². The molecule has 1 N–H and O–H groups in total. The van der Waals surface area contributed by atoms with E-state index in [4.69, 9.17) is 5.11 Å². The lowest BCUT2D eigenvalue weighted by Gasteiger charge is -2.20. The van der Waals surface area contributed by atoms with Gasteiger partial charge in [0.25, 0.3) is 5.91 Å². The third-order valence-electron chi connectivity index (χ3n) is 3.06. The summed E-state index contributed by atoms with van der Waals surface area (Å²) in [6.07, 6.45) is 1.66. The first-order valence-corrected chi connectivity index (χ1v) is 7.15. The standard InChI is InChI=1S/C16H16BrNO2/c1-2-7-18(8-9-19)16(20)14-4-3-13-11-15(17)6-5-12(13)10-14/h2-6,10-11,19H,1,7-9H2. The van der Waals surface area contributed by atoms with Crippen LogP contribution >= 0.6 is 15.9 Å². The van der Waals surface area contributed by atoms with Crippen molar-refractivity contribution >= 4 is 32.6 Å². The smallest absolute Gasteiger partial charge is 0.254 e. The molecule has 0 saturated heterocycles. The first-order valence-electron chi connectivity index (χ1n) is 6.36. The normalized spacial score (nSPS) is 10.5. The average Bonchev–Trinajstić information content (AvgIpc) is 2.45. The fourth-order valence-electron chi connectivity index (χ4n) is 2.08. The van der Waals surface area contributed by atoms with Crippen LogP contribution in [0.4, 0.5) is 0 Å². The monoisotopic (exact) mass is 333 g/mol. The maximum absolute atomic E-state index is 12.4. The zero-order valence-electron chi connectivity index (χ0n) is 11.1. The highest BCUT2D eigenvalue weighted by atomic mass is 79.9. The van der Waals surface area contributed by atoms with Gasteiger partial charge in [0.1, 0.15) is 0 Å². The molecule has 0 fully saturated rings. The second-order valence-electron chi connectivity index (χ2n) is 4.47. The molecule has 20 heavy (non-hydrogen) atoms. The summed E-state index contributed by atoms with van der Waals surface area (Å²) in [6.45, 7) is 4.32.